The van der Waals surface area contributed by atoms with E-state index in [0.29, 0.717) is 22.9 Å². The van der Waals surface area contributed by atoms with E-state index in [1.807, 2.05) is 24.5 Å². The number of hydrogen-bond acceptors (Lipinski definition) is 4. The van der Waals surface area contributed by atoms with Gasteiger partial charge in [-0.1, -0.05) is 11.6 Å². The van der Waals surface area contributed by atoms with Crippen LogP contribution in [0.4, 0.5) is 0 Å². The first-order valence-electron chi connectivity index (χ1n) is 5.95. The maximum absolute atomic E-state index is 11.3. The largest absolute Gasteiger partial charge is 0.487 e. The van der Waals surface area contributed by atoms with E-state index in [4.69, 9.17) is 22.2 Å². The average Bonchev–Trinajstić information content (AvgIpc) is 2.46. The van der Waals surface area contributed by atoms with Crippen LogP contribution in [0.3, 0.4) is 0 Å². The van der Waals surface area contributed by atoms with Crippen LogP contribution in [0.15, 0.2) is 36.5 Å². The molecule has 6 heteroatoms. The summed E-state index contributed by atoms with van der Waals surface area (Å²) in [7, 11) is 0. The fourth-order valence-electron chi connectivity index (χ4n) is 1.65. The van der Waals surface area contributed by atoms with Crippen molar-refractivity contribution in [1.82, 2.24) is 10.4 Å². The van der Waals surface area contributed by atoms with Crippen molar-refractivity contribution < 1.29 is 9.53 Å². The van der Waals surface area contributed by atoms with E-state index in [-0.39, 0.29) is 5.91 Å². The van der Waals surface area contributed by atoms with Crippen LogP contribution in [0.25, 0.3) is 0 Å². The Morgan fingerprint density at radius 1 is 1.40 bits per heavy atom. The number of halogens is 1. The summed E-state index contributed by atoms with van der Waals surface area (Å²) in [5, 5.41) is 0.671. The van der Waals surface area contributed by atoms with E-state index in [2.05, 4.69) is 4.98 Å². The molecule has 20 heavy (non-hydrogen) atoms. The third-order valence-electron chi connectivity index (χ3n) is 2.73. The first-order chi connectivity index (χ1) is 9.60. The zero-order valence-electron chi connectivity index (χ0n) is 10.9. The maximum Gasteiger partial charge on any atom is 0.266 e. The quantitative estimate of drug-likeness (QED) is 0.514. The molecular formula is C14H14ClN3O2. The molecule has 0 atom stereocenters. The Morgan fingerprint density at radius 3 is 2.80 bits per heavy atom. The Balaban J connectivity index is 2.02. The summed E-state index contributed by atoms with van der Waals surface area (Å²) in [4.78, 5) is 15.4. The summed E-state index contributed by atoms with van der Waals surface area (Å²) in [5.74, 6) is 5.42. The lowest BCUT2D eigenvalue weighted by molar-refractivity contribution is 0.0953. The molecule has 0 fully saturated rings. The normalized spacial score (nSPS) is 10.2. The van der Waals surface area contributed by atoms with Crippen molar-refractivity contribution in [2.24, 2.45) is 5.84 Å². The van der Waals surface area contributed by atoms with E-state index in [9.17, 15) is 4.79 Å². The van der Waals surface area contributed by atoms with E-state index in [1.165, 1.54) is 6.20 Å². The predicted octanol–water partition coefficient (Wildman–Crippen LogP) is 2.23. The zero-order valence-corrected chi connectivity index (χ0v) is 11.6. The van der Waals surface area contributed by atoms with Gasteiger partial charge in [0.05, 0.1) is 11.3 Å². The maximum atomic E-state index is 11.3. The summed E-state index contributed by atoms with van der Waals surface area (Å²) in [6, 6.07) is 8.78. The highest BCUT2D eigenvalue weighted by Crippen LogP contribution is 2.22. The molecule has 0 aliphatic carbocycles. The van der Waals surface area contributed by atoms with Gasteiger partial charge in [-0.05, 0) is 42.8 Å². The number of nitrogens with one attached hydrogen (secondary N) is 1. The first-order valence-corrected chi connectivity index (χ1v) is 6.33. The van der Waals surface area contributed by atoms with Gasteiger partial charge in [0.15, 0.2) is 0 Å². The number of benzene rings is 1. The molecule has 1 amide bonds. The van der Waals surface area contributed by atoms with Crippen LogP contribution in [-0.2, 0) is 6.61 Å². The highest BCUT2D eigenvalue weighted by molar-refractivity contribution is 6.30. The molecule has 0 unspecified atom stereocenters. The van der Waals surface area contributed by atoms with Gasteiger partial charge in [-0.2, -0.15) is 0 Å². The van der Waals surface area contributed by atoms with Crippen LogP contribution in [-0.4, -0.2) is 10.9 Å². The molecule has 5 nitrogen and oxygen atoms in total. The Morgan fingerprint density at radius 2 is 2.20 bits per heavy atom. The lowest BCUT2D eigenvalue weighted by Crippen LogP contribution is -2.30. The van der Waals surface area contributed by atoms with Gasteiger partial charge in [0.2, 0.25) is 0 Å². The number of rotatable bonds is 4. The predicted molar refractivity (Wildman–Crippen MR) is 76.4 cm³/mol. The molecule has 2 aromatic rings. The third kappa shape index (κ3) is 3.46. The fourth-order valence-corrected chi connectivity index (χ4v) is 1.88. The molecule has 3 N–H and O–H groups in total. The van der Waals surface area contributed by atoms with Crippen molar-refractivity contribution in [1.29, 1.82) is 0 Å². The van der Waals surface area contributed by atoms with Crippen molar-refractivity contribution in [3.63, 3.8) is 0 Å². The van der Waals surface area contributed by atoms with Crippen LogP contribution < -0.4 is 16.0 Å². The Bertz CT molecular complexity index is 614. The summed E-state index contributed by atoms with van der Waals surface area (Å²) in [5.41, 5.74) is 4.12. The Labute approximate surface area is 121 Å². The zero-order chi connectivity index (χ0) is 14.5. The molecule has 0 radical (unpaired) electrons. The lowest BCUT2D eigenvalue weighted by atomic mass is 10.2. The van der Waals surface area contributed by atoms with Gasteiger partial charge in [0.25, 0.3) is 5.91 Å². The number of carbonyl (C=O) groups excluding carboxylic acids is 1. The standard InChI is InChI=1S/C14H14ClN3O2/c1-9-6-11(15)3-5-13(9)20-8-12-4-2-10(7-17-12)14(19)18-16/h2-7H,8,16H2,1H3,(H,18,19). The van der Waals surface area contributed by atoms with E-state index in [0.717, 1.165) is 11.3 Å². The number of hydrazine groups is 1. The minimum absolute atomic E-state index is 0.312. The average molecular weight is 292 g/mol. The smallest absolute Gasteiger partial charge is 0.266 e. The number of amides is 1. The second-order valence-corrected chi connectivity index (χ2v) is 4.65. The molecule has 0 aliphatic heterocycles. The molecule has 0 spiro atoms. The van der Waals surface area contributed by atoms with Crippen molar-refractivity contribution in [3.05, 3.63) is 58.4 Å². The molecule has 0 aliphatic rings. The minimum atomic E-state index is -0.376. The van der Waals surface area contributed by atoms with Gasteiger partial charge in [0, 0.05) is 11.2 Å². The highest BCUT2D eigenvalue weighted by Gasteiger charge is 2.05. The molecule has 1 aromatic heterocycles. The minimum Gasteiger partial charge on any atom is -0.487 e. The van der Waals surface area contributed by atoms with Gasteiger partial charge >= 0.3 is 0 Å². The van der Waals surface area contributed by atoms with Gasteiger partial charge in [-0.3, -0.25) is 15.2 Å². The molecule has 1 aromatic carbocycles. The van der Waals surface area contributed by atoms with Crippen LogP contribution in [0.2, 0.25) is 5.02 Å². The monoisotopic (exact) mass is 291 g/mol. The van der Waals surface area contributed by atoms with E-state index in [1.54, 1.807) is 18.2 Å². The van der Waals surface area contributed by atoms with E-state index < -0.39 is 0 Å². The second-order valence-electron chi connectivity index (χ2n) is 4.21. The van der Waals surface area contributed by atoms with Gasteiger partial charge in [0.1, 0.15) is 12.4 Å². The second kappa shape index (κ2) is 6.36. The van der Waals surface area contributed by atoms with Gasteiger partial charge < -0.3 is 4.74 Å². The Hall–Kier alpha value is -2.11. The molecule has 0 saturated heterocycles. The van der Waals surface area contributed by atoms with Crippen molar-refractivity contribution in [2.45, 2.75) is 13.5 Å². The van der Waals surface area contributed by atoms with Gasteiger partial charge in [-0.25, -0.2) is 5.84 Å². The number of hydrogen-bond donors (Lipinski definition) is 2. The van der Waals surface area contributed by atoms with Crippen molar-refractivity contribution in [2.75, 3.05) is 0 Å². The number of pyridine rings is 1. The Kier molecular flexibility index (Phi) is 4.55. The third-order valence-corrected chi connectivity index (χ3v) is 2.97. The number of nitrogen functional groups attached to an aromatic ring is 1. The van der Waals surface area contributed by atoms with Crippen LogP contribution >= 0.6 is 11.6 Å². The molecule has 104 valence electrons. The van der Waals surface area contributed by atoms with Crippen LogP contribution in [0, 0.1) is 6.92 Å². The molecular weight excluding hydrogens is 278 g/mol. The molecule has 0 saturated carbocycles. The van der Waals surface area contributed by atoms with Crippen molar-refractivity contribution >= 4 is 17.5 Å². The number of nitrogens with two attached hydrogens (primary N) is 1. The summed E-state index contributed by atoms with van der Waals surface area (Å²) >= 11 is 5.88. The summed E-state index contributed by atoms with van der Waals surface area (Å²) < 4.78 is 5.66. The van der Waals surface area contributed by atoms with Crippen LogP contribution in [0.1, 0.15) is 21.6 Å². The van der Waals surface area contributed by atoms with Crippen molar-refractivity contribution in [3.8, 4) is 5.75 Å². The topological polar surface area (TPSA) is 77.2 Å². The molecule has 2 rings (SSSR count). The summed E-state index contributed by atoms with van der Waals surface area (Å²) in [6.45, 7) is 2.23. The van der Waals surface area contributed by atoms with Crippen LogP contribution in [0.5, 0.6) is 5.75 Å². The fraction of sp³-hybridized carbons (Fsp3) is 0.143. The number of aryl methyl sites for hydroxylation is 1. The first kappa shape index (κ1) is 14.3. The molecule has 0 bridgehead atoms. The number of carbonyl (C=O) groups is 1. The number of aromatic nitrogens is 1. The number of ether oxygens (including phenoxy) is 1. The van der Waals surface area contributed by atoms with Gasteiger partial charge in [-0.15, -0.1) is 0 Å². The summed E-state index contributed by atoms with van der Waals surface area (Å²) in [6.07, 6.45) is 1.45. The van der Waals surface area contributed by atoms with E-state index >= 15 is 0 Å². The lowest BCUT2D eigenvalue weighted by Gasteiger charge is -2.09. The highest BCUT2D eigenvalue weighted by atomic mass is 35.5. The SMILES string of the molecule is Cc1cc(Cl)ccc1OCc1ccc(C(=O)NN)cn1. The number of nitrogens with zero attached hydrogens (tertiary/aromatic N) is 1. The molecule has 1 heterocycles.